The summed E-state index contributed by atoms with van der Waals surface area (Å²) in [7, 11) is 1.96. The first-order valence-electron chi connectivity index (χ1n) is 5.29. The van der Waals surface area contributed by atoms with Gasteiger partial charge in [-0.05, 0) is 48.7 Å². The number of hydrogen-bond acceptors (Lipinski definition) is 2. The van der Waals surface area contributed by atoms with Crippen LogP contribution in [0.4, 0.5) is 0 Å². The van der Waals surface area contributed by atoms with Crippen LogP contribution in [0.5, 0.6) is 0 Å². The van der Waals surface area contributed by atoms with Crippen LogP contribution >= 0.6 is 38.9 Å². The molecule has 0 amide bonds. The third kappa shape index (κ3) is 2.74. The van der Waals surface area contributed by atoms with E-state index in [0.717, 1.165) is 15.1 Å². The Morgan fingerprint density at radius 1 is 1.35 bits per heavy atom. The van der Waals surface area contributed by atoms with Crippen molar-refractivity contribution >= 4 is 38.9 Å². The van der Waals surface area contributed by atoms with Crippen molar-refractivity contribution in [3.8, 4) is 0 Å². The lowest BCUT2D eigenvalue weighted by molar-refractivity contribution is 0.700. The number of hydrogen-bond donors (Lipinski definition) is 1. The van der Waals surface area contributed by atoms with E-state index in [1.165, 1.54) is 10.4 Å². The molecular formula is C13H13BrClNS. The smallest absolute Gasteiger partial charge is 0.0685 e. The highest BCUT2D eigenvalue weighted by molar-refractivity contribution is 9.10. The summed E-state index contributed by atoms with van der Waals surface area (Å²) in [6, 6.07) is 8.32. The van der Waals surface area contributed by atoms with Crippen LogP contribution in [0.2, 0.25) is 5.02 Å². The zero-order chi connectivity index (χ0) is 12.4. The van der Waals surface area contributed by atoms with Gasteiger partial charge in [0.25, 0.3) is 0 Å². The molecular weight excluding hydrogens is 318 g/mol. The molecule has 0 aliphatic heterocycles. The number of thiophene rings is 1. The largest absolute Gasteiger partial charge is 0.309 e. The van der Waals surface area contributed by atoms with Gasteiger partial charge in [-0.1, -0.05) is 33.6 Å². The molecule has 1 N–H and O–H groups in total. The highest BCUT2D eigenvalue weighted by atomic mass is 79.9. The molecule has 4 heteroatoms. The van der Waals surface area contributed by atoms with Crippen LogP contribution in [0.3, 0.4) is 0 Å². The standard InChI is InChI=1S/C13H13BrClNS/c1-8-5-6-17-13(8)12(16-2)10-4-3-9(14)7-11(10)15/h3-7,12,16H,1-2H3. The Morgan fingerprint density at radius 2 is 2.12 bits per heavy atom. The Morgan fingerprint density at radius 3 is 2.65 bits per heavy atom. The van der Waals surface area contributed by atoms with E-state index in [-0.39, 0.29) is 6.04 Å². The number of benzene rings is 1. The molecule has 1 unspecified atom stereocenters. The van der Waals surface area contributed by atoms with E-state index >= 15 is 0 Å². The van der Waals surface area contributed by atoms with Crippen molar-refractivity contribution in [3.05, 3.63) is 55.1 Å². The summed E-state index contributed by atoms with van der Waals surface area (Å²) in [5.74, 6) is 0. The van der Waals surface area contributed by atoms with Crippen molar-refractivity contribution in [1.29, 1.82) is 0 Å². The summed E-state index contributed by atoms with van der Waals surface area (Å²) >= 11 is 11.5. The molecule has 90 valence electrons. The van der Waals surface area contributed by atoms with Crippen LogP contribution in [0, 0.1) is 6.92 Å². The summed E-state index contributed by atoms with van der Waals surface area (Å²) in [5, 5.41) is 6.23. The first-order valence-corrected chi connectivity index (χ1v) is 7.34. The monoisotopic (exact) mass is 329 g/mol. The summed E-state index contributed by atoms with van der Waals surface area (Å²) in [4.78, 5) is 1.32. The van der Waals surface area contributed by atoms with Crippen molar-refractivity contribution in [2.24, 2.45) is 0 Å². The van der Waals surface area contributed by atoms with Crippen molar-refractivity contribution in [1.82, 2.24) is 5.32 Å². The SMILES string of the molecule is CNC(c1ccc(Br)cc1Cl)c1sccc1C. The summed E-state index contributed by atoms with van der Waals surface area (Å²) in [6.07, 6.45) is 0. The first kappa shape index (κ1) is 13.1. The minimum atomic E-state index is 0.163. The van der Waals surface area contributed by atoms with Gasteiger partial charge >= 0.3 is 0 Å². The van der Waals surface area contributed by atoms with E-state index < -0.39 is 0 Å². The molecule has 0 saturated carbocycles. The van der Waals surface area contributed by atoms with E-state index in [2.05, 4.69) is 45.7 Å². The molecule has 0 radical (unpaired) electrons. The third-order valence-electron chi connectivity index (χ3n) is 2.73. The number of aryl methyl sites for hydroxylation is 1. The number of rotatable bonds is 3. The highest BCUT2D eigenvalue weighted by Gasteiger charge is 2.18. The maximum absolute atomic E-state index is 6.31. The van der Waals surface area contributed by atoms with Gasteiger partial charge in [0.2, 0.25) is 0 Å². The molecule has 1 atom stereocenters. The van der Waals surface area contributed by atoms with E-state index in [1.54, 1.807) is 11.3 Å². The van der Waals surface area contributed by atoms with Crippen molar-refractivity contribution in [3.63, 3.8) is 0 Å². The predicted molar refractivity (Wildman–Crippen MR) is 79.1 cm³/mol. The molecule has 1 nitrogen and oxygen atoms in total. The fourth-order valence-electron chi connectivity index (χ4n) is 1.84. The lowest BCUT2D eigenvalue weighted by Gasteiger charge is -2.18. The Labute approximate surface area is 119 Å². The molecule has 17 heavy (non-hydrogen) atoms. The quantitative estimate of drug-likeness (QED) is 0.854. The fraction of sp³-hybridized carbons (Fsp3) is 0.231. The predicted octanol–water partition coefficient (Wildman–Crippen LogP) is 4.78. The number of nitrogens with one attached hydrogen (secondary N) is 1. The molecule has 0 saturated heterocycles. The van der Waals surface area contributed by atoms with Crippen molar-refractivity contribution in [2.45, 2.75) is 13.0 Å². The van der Waals surface area contributed by atoms with Crippen LogP contribution in [0.1, 0.15) is 22.0 Å². The molecule has 2 rings (SSSR count). The Balaban J connectivity index is 2.46. The van der Waals surface area contributed by atoms with Crippen LogP contribution < -0.4 is 5.32 Å². The Hall–Kier alpha value is -0.350. The molecule has 0 fully saturated rings. The lowest BCUT2D eigenvalue weighted by atomic mass is 10.0. The maximum Gasteiger partial charge on any atom is 0.0685 e. The van der Waals surface area contributed by atoms with E-state index in [4.69, 9.17) is 11.6 Å². The molecule has 0 aliphatic carbocycles. The molecule has 1 aromatic heterocycles. The average molecular weight is 331 g/mol. The molecule has 0 aliphatic rings. The minimum absolute atomic E-state index is 0.163. The molecule has 2 aromatic rings. The van der Waals surface area contributed by atoms with Gasteiger partial charge in [-0.2, -0.15) is 0 Å². The van der Waals surface area contributed by atoms with Gasteiger partial charge in [-0.3, -0.25) is 0 Å². The van der Waals surface area contributed by atoms with Crippen LogP contribution in [0.25, 0.3) is 0 Å². The van der Waals surface area contributed by atoms with E-state index in [1.807, 2.05) is 19.2 Å². The second-order valence-electron chi connectivity index (χ2n) is 3.86. The summed E-state index contributed by atoms with van der Waals surface area (Å²) < 4.78 is 1.00. The van der Waals surface area contributed by atoms with Gasteiger partial charge in [-0.15, -0.1) is 11.3 Å². The third-order valence-corrected chi connectivity index (χ3v) is 4.63. The van der Waals surface area contributed by atoms with E-state index in [0.29, 0.717) is 0 Å². The Kier molecular flexibility index (Phi) is 4.26. The fourth-order valence-corrected chi connectivity index (χ4v) is 3.68. The van der Waals surface area contributed by atoms with Gasteiger partial charge < -0.3 is 5.32 Å². The molecule has 0 spiro atoms. The topological polar surface area (TPSA) is 12.0 Å². The van der Waals surface area contributed by atoms with Crippen LogP contribution in [0.15, 0.2) is 34.1 Å². The normalized spacial score (nSPS) is 12.7. The lowest BCUT2D eigenvalue weighted by Crippen LogP contribution is -2.17. The van der Waals surface area contributed by atoms with Gasteiger partial charge in [0, 0.05) is 14.4 Å². The zero-order valence-electron chi connectivity index (χ0n) is 9.63. The molecule has 1 aromatic carbocycles. The van der Waals surface area contributed by atoms with Gasteiger partial charge in [0.05, 0.1) is 6.04 Å². The molecule has 0 bridgehead atoms. The zero-order valence-corrected chi connectivity index (χ0v) is 12.8. The highest BCUT2D eigenvalue weighted by Crippen LogP contribution is 2.34. The van der Waals surface area contributed by atoms with E-state index in [9.17, 15) is 0 Å². The summed E-state index contributed by atoms with van der Waals surface area (Å²) in [5.41, 5.74) is 2.41. The van der Waals surface area contributed by atoms with Crippen LogP contribution in [-0.2, 0) is 0 Å². The Bertz CT molecular complexity index is 524. The second kappa shape index (κ2) is 5.53. The minimum Gasteiger partial charge on any atom is -0.309 e. The average Bonchev–Trinajstić information content (AvgIpc) is 2.69. The maximum atomic E-state index is 6.31. The summed E-state index contributed by atoms with van der Waals surface area (Å²) in [6.45, 7) is 2.13. The first-order chi connectivity index (χ1) is 8.13. The van der Waals surface area contributed by atoms with Crippen molar-refractivity contribution < 1.29 is 0 Å². The van der Waals surface area contributed by atoms with Crippen LogP contribution in [-0.4, -0.2) is 7.05 Å². The molecule has 1 heterocycles. The number of halogens is 2. The van der Waals surface area contributed by atoms with Gasteiger partial charge in [-0.25, -0.2) is 0 Å². The van der Waals surface area contributed by atoms with Gasteiger partial charge in [0.15, 0.2) is 0 Å². The second-order valence-corrected chi connectivity index (χ2v) is 6.13. The van der Waals surface area contributed by atoms with Gasteiger partial charge in [0.1, 0.15) is 0 Å². The van der Waals surface area contributed by atoms with Crippen molar-refractivity contribution in [2.75, 3.05) is 7.05 Å².